The molecule has 0 bridgehead atoms. The van der Waals surface area contributed by atoms with Crippen LogP contribution in [0, 0.1) is 5.92 Å². The summed E-state index contributed by atoms with van der Waals surface area (Å²) in [5.74, 6) is -0.820. The molecule has 0 aliphatic heterocycles. The number of hydrogen-bond acceptors (Lipinski definition) is 3. The van der Waals surface area contributed by atoms with Crippen LogP contribution < -0.4 is 10.6 Å². The molecule has 2 aromatic carbocycles. The van der Waals surface area contributed by atoms with Crippen molar-refractivity contribution in [2.24, 2.45) is 5.92 Å². The van der Waals surface area contributed by atoms with Crippen LogP contribution in [0.3, 0.4) is 0 Å². The number of aryl methyl sites for hydroxylation is 1. The Labute approximate surface area is 170 Å². The van der Waals surface area contributed by atoms with Gasteiger partial charge < -0.3 is 15.7 Å². The highest BCUT2D eigenvalue weighted by Gasteiger charge is 2.22. The summed E-state index contributed by atoms with van der Waals surface area (Å²) >= 11 is 0. The smallest absolute Gasteiger partial charge is 0.303 e. The maximum absolute atomic E-state index is 12.5. The second-order valence-corrected chi connectivity index (χ2v) is 7.44. The Hall–Kier alpha value is -3.15. The Morgan fingerprint density at radius 1 is 0.966 bits per heavy atom. The quantitative estimate of drug-likeness (QED) is 0.635. The van der Waals surface area contributed by atoms with Crippen LogP contribution in [0.2, 0.25) is 0 Å². The minimum absolute atomic E-state index is 0.0517. The van der Waals surface area contributed by atoms with Crippen LogP contribution in [-0.4, -0.2) is 22.9 Å². The number of amides is 2. The van der Waals surface area contributed by atoms with Crippen molar-refractivity contribution in [2.75, 3.05) is 5.32 Å². The molecular weight excluding hydrogens is 368 g/mol. The first-order valence-corrected chi connectivity index (χ1v) is 10.00. The summed E-state index contributed by atoms with van der Waals surface area (Å²) in [4.78, 5) is 35.3. The first kappa shape index (κ1) is 20.6. The van der Waals surface area contributed by atoms with Gasteiger partial charge in [0, 0.05) is 30.1 Å². The van der Waals surface area contributed by atoms with Gasteiger partial charge in [-0.1, -0.05) is 37.1 Å². The lowest BCUT2D eigenvalue weighted by Gasteiger charge is -2.11. The minimum atomic E-state index is -0.848. The van der Waals surface area contributed by atoms with Crippen molar-refractivity contribution in [1.29, 1.82) is 0 Å². The van der Waals surface area contributed by atoms with E-state index < -0.39 is 5.97 Å². The summed E-state index contributed by atoms with van der Waals surface area (Å²) < 4.78 is 0. The van der Waals surface area contributed by atoms with E-state index in [-0.39, 0.29) is 24.2 Å². The van der Waals surface area contributed by atoms with Gasteiger partial charge in [-0.3, -0.25) is 14.4 Å². The molecule has 0 aromatic heterocycles. The van der Waals surface area contributed by atoms with Crippen LogP contribution >= 0.6 is 0 Å². The van der Waals surface area contributed by atoms with Crippen molar-refractivity contribution in [2.45, 2.75) is 45.1 Å². The SMILES string of the molecule is O=C(O)CCc1cccc(NC(=O)c2ccc(CNC(=O)C3CCCC3)cc2)c1. The van der Waals surface area contributed by atoms with Crippen LogP contribution in [0.4, 0.5) is 5.69 Å². The van der Waals surface area contributed by atoms with E-state index >= 15 is 0 Å². The van der Waals surface area contributed by atoms with Crippen LogP contribution in [0.5, 0.6) is 0 Å². The first-order valence-electron chi connectivity index (χ1n) is 10.00. The van der Waals surface area contributed by atoms with E-state index in [4.69, 9.17) is 5.11 Å². The fourth-order valence-corrected chi connectivity index (χ4v) is 3.55. The highest BCUT2D eigenvalue weighted by molar-refractivity contribution is 6.04. The highest BCUT2D eigenvalue weighted by Crippen LogP contribution is 2.24. The molecule has 0 radical (unpaired) electrons. The van der Waals surface area contributed by atoms with Crippen molar-refractivity contribution in [3.63, 3.8) is 0 Å². The molecule has 1 aliphatic carbocycles. The number of benzene rings is 2. The molecule has 2 amide bonds. The molecule has 0 atom stereocenters. The molecule has 0 unspecified atom stereocenters. The molecule has 29 heavy (non-hydrogen) atoms. The molecular formula is C23H26N2O4. The normalized spacial score (nSPS) is 13.8. The summed E-state index contributed by atoms with van der Waals surface area (Å²) in [6.45, 7) is 0.461. The van der Waals surface area contributed by atoms with E-state index in [0.717, 1.165) is 36.8 Å². The van der Waals surface area contributed by atoms with E-state index in [1.165, 1.54) is 0 Å². The van der Waals surface area contributed by atoms with Gasteiger partial charge >= 0.3 is 5.97 Å². The summed E-state index contributed by atoms with van der Waals surface area (Å²) in [6.07, 6.45) is 4.68. The number of carboxylic acid groups (broad SMARTS) is 1. The maximum Gasteiger partial charge on any atom is 0.303 e. The molecule has 0 spiro atoms. The predicted octanol–water partition coefficient (Wildman–Crippen LogP) is 3.76. The zero-order valence-electron chi connectivity index (χ0n) is 16.3. The van der Waals surface area contributed by atoms with Crippen LogP contribution in [0.25, 0.3) is 0 Å². The van der Waals surface area contributed by atoms with Gasteiger partial charge in [-0.15, -0.1) is 0 Å². The topological polar surface area (TPSA) is 95.5 Å². The third-order valence-corrected chi connectivity index (χ3v) is 5.22. The third kappa shape index (κ3) is 6.17. The molecule has 2 aromatic rings. The summed E-state index contributed by atoms with van der Waals surface area (Å²) in [7, 11) is 0. The molecule has 1 saturated carbocycles. The average Bonchev–Trinajstić information content (AvgIpc) is 3.26. The number of carbonyl (C=O) groups excluding carboxylic acids is 2. The summed E-state index contributed by atoms with van der Waals surface area (Å²) in [5.41, 5.74) is 2.96. The second-order valence-electron chi connectivity index (χ2n) is 7.44. The monoisotopic (exact) mass is 394 g/mol. The Kier molecular flexibility index (Phi) is 7.00. The number of aliphatic carboxylic acids is 1. The molecule has 6 heteroatoms. The van der Waals surface area contributed by atoms with Gasteiger partial charge in [-0.2, -0.15) is 0 Å². The lowest BCUT2D eigenvalue weighted by molar-refractivity contribution is -0.137. The van der Waals surface area contributed by atoms with Gasteiger partial charge in [0.1, 0.15) is 0 Å². The van der Waals surface area contributed by atoms with Crippen molar-refractivity contribution in [3.8, 4) is 0 Å². The van der Waals surface area contributed by atoms with E-state index in [9.17, 15) is 14.4 Å². The molecule has 1 fully saturated rings. The highest BCUT2D eigenvalue weighted by atomic mass is 16.4. The molecule has 0 saturated heterocycles. The minimum Gasteiger partial charge on any atom is -0.481 e. The Bertz CT molecular complexity index is 871. The van der Waals surface area contributed by atoms with Gasteiger partial charge in [-0.05, 0) is 54.7 Å². The van der Waals surface area contributed by atoms with Crippen molar-refractivity contribution < 1.29 is 19.5 Å². The number of rotatable bonds is 8. The van der Waals surface area contributed by atoms with Crippen LogP contribution in [0.1, 0.15) is 53.6 Å². The van der Waals surface area contributed by atoms with Crippen molar-refractivity contribution in [3.05, 3.63) is 65.2 Å². The fraction of sp³-hybridized carbons (Fsp3) is 0.348. The van der Waals surface area contributed by atoms with Crippen LogP contribution in [-0.2, 0) is 22.6 Å². The average molecular weight is 394 g/mol. The molecule has 3 N–H and O–H groups in total. The van der Waals surface area contributed by atoms with Gasteiger partial charge in [-0.25, -0.2) is 0 Å². The maximum atomic E-state index is 12.5. The first-order chi connectivity index (χ1) is 14.0. The zero-order valence-corrected chi connectivity index (χ0v) is 16.3. The summed E-state index contributed by atoms with van der Waals surface area (Å²) in [6, 6.07) is 14.3. The Balaban J connectivity index is 1.52. The lowest BCUT2D eigenvalue weighted by atomic mass is 10.1. The Morgan fingerprint density at radius 3 is 2.38 bits per heavy atom. The molecule has 6 nitrogen and oxygen atoms in total. The van der Waals surface area contributed by atoms with Gasteiger partial charge in [0.2, 0.25) is 5.91 Å². The molecule has 3 rings (SSSR count). The van der Waals surface area contributed by atoms with Gasteiger partial charge in [0.05, 0.1) is 0 Å². The number of carboxylic acids is 1. The molecule has 1 aliphatic rings. The predicted molar refractivity (Wildman–Crippen MR) is 111 cm³/mol. The third-order valence-electron chi connectivity index (χ3n) is 5.22. The van der Waals surface area contributed by atoms with Gasteiger partial charge in [0.15, 0.2) is 0 Å². The van der Waals surface area contributed by atoms with E-state index in [1.54, 1.807) is 30.3 Å². The van der Waals surface area contributed by atoms with E-state index in [0.29, 0.717) is 24.2 Å². The molecule has 152 valence electrons. The number of anilines is 1. The summed E-state index contributed by atoms with van der Waals surface area (Å²) in [5, 5.41) is 14.6. The van der Waals surface area contributed by atoms with E-state index in [1.807, 2.05) is 18.2 Å². The number of carbonyl (C=O) groups is 3. The van der Waals surface area contributed by atoms with E-state index in [2.05, 4.69) is 10.6 Å². The van der Waals surface area contributed by atoms with Gasteiger partial charge in [0.25, 0.3) is 5.91 Å². The second kappa shape index (κ2) is 9.87. The molecule has 0 heterocycles. The van der Waals surface area contributed by atoms with Crippen molar-refractivity contribution in [1.82, 2.24) is 5.32 Å². The van der Waals surface area contributed by atoms with Crippen LogP contribution in [0.15, 0.2) is 48.5 Å². The number of nitrogens with one attached hydrogen (secondary N) is 2. The fourth-order valence-electron chi connectivity index (χ4n) is 3.55. The lowest BCUT2D eigenvalue weighted by Crippen LogP contribution is -2.28. The number of hydrogen-bond donors (Lipinski definition) is 3. The Morgan fingerprint density at radius 2 is 1.69 bits per heavy atom. The standard InChI is InChI=1S/C23H26N2O4/c26-21(27)13-10-16-4-3-7-20(14-16)25-23(29)19-11-8-17(9-12-19)15-24-22(28)18-5-1-2-6-18/h3-4,7-9,11-12,14,18H,1-2,5-6,10,13,15H2,(H,24,28)(H,25,29)(H,26,27). The zero-order chi connectivity index (χ0) is 20.6. The van der Waals surface area contributed by atoms with Crippen molar-refractivity contribution >= 4 is 23.5 Å². The largest absolute Gasteiger partial charge is 0.481 e.